The summed E-state index contributed by atoms with van der Waals surface area (Å²) in [5.41, 5.74) is 2.99. The van der Waals surface area contributed by atoms with Gasteiger partial charge in [0.25, 0.3) is 11.5 Å². The minimum Gasteiger partial charge on any atom is -0.618 e. The van der Waals surface area contributed by atoms with Crippen molar-refractivity contribution in [1.82, 2.24) is 0 Å². The Labute approximate surface area is 146 Å². The third-order valence-corrected chi connectivity index (χ3v) is 4.80. The molecule has 0 radical (unpaired) electrons. The van der Waals surface area contributed by atoms with E-state index in [2.05, 4.69) is 20.8 Å². The third-order valence-electron chi connectivity index (χ3n) is 4.80. The van der Waals surface area contributed by atoms with E-state index in [4.69, 9.17) is 0 Å². The summed E-state index contributed by atoms with van der Waals surface area (Å²) in [5.74, 6) is -0.203. The van der Waals surface area contributed by atoms with Gasteiger partial charge < -0.3 is 5.21 Å². The topological polar surface area (TPSA) is 43.1 Å². The summed E-state index contributed by atoms with van der Waals surface area (Å²) in [6.45, 7) is 6.41. The van der Waals surface area contributed by atoms with Crippen molar-refractivity contribution >= 4 is 28.0 Å². The maximum atomic E-state index is 13.0. The Kier molecular flexibility index (Phi) is 3.29. The molecule has 3 nitrogen and oxygen atoms in total. The second-order valence-electron chi connectivity index (χ2n) is 7.48. The smallest absolute Gasteiger partial charge is 0.272 e. The minimum absolute atomic E-state index is 0.0270. The molecule has 3 aromatic rings. The zero-order valence-electron chi connectivity index (χ0n) is 14.5. The van der Waals surface area contributed by atoms with Crippen LogP contribution in [-0.2, 0) is 5.41 Å². The van der Waals surface area contributed by atoms with Crippen molar-refractivity contribution in [2.75, 3.05) is 0 Å². The molecule has 1 aliphatic heterocycles. The molecule has 0 aliphatic carbocycles. The first-order valence-corrected chi connectivity index (χ1v) is 8.39. The van der Waals surface area contributed by atoms with Gasteiger partial charge in [-0.2, -0.15) is 4.74 Å². The molecule has 0 amide bonds. The first kappa shape index (κ1) is 15.6. The van der Waals surface area contributed by atoms with Crippen LogP contribution in [0.1, 0.15) is 42.3 Å². The van der Waals surface area contributed by atoms with Crippen molar-refractivity contribution in [3.8, 4) is 0 Å². The lowest BCUT2D eigenvalue weighted by Crippen LogP contribution is -2.17. The van der Waals surface area contributed by atoms with Crippen molar-refractivity contribution in [2.45, 2.75) is 26.2 Å². The lowest BCUT2D eigenvalue weighted by Gasteiger charge is -2.18. The average molecular weight is 329 g/mol. The number of Topliss-reactive ketones (excluding diaryl/α,β-unsaturated/α-hetero) is 1. The van der Waals surface area contributed by atoms with Crippen LogP contribution in [0.5, 0.6) is 0 Å². The van der Waals surface area contributed by atoms with Crippen LogP contribution in [0.3, 0.4) is 0 Å². The van der Waals surface area contributed by atoms with E-state index in [1.807, 2.05) is 54.6 Å². The molecule has 124 valence electrons. The minimum atomic E-state index is -0.203. The van der Waals surface area contributed by atoms with Gasteiger partial charge in [-0.3, -0.25) is 4.79 Å². The number of ketones is 1. The standard InChI is InChI=1S/C22H19NO2/c1-22(2,3)16-11-8-15(9-12-16)20-21(24)19-17-7-5-4-6-14(17)10-13-18(19)23(20)25/h4-13H,1-3H3. The molecule has 0 saturated heterocycles. The summed E-state index contributed by atoms with van der Waals surface area (Å²) in [6, 6.07) is 19.0. The molecular weight excluding hydrogens is 310 g/mol. The fourth-order valence-electron chi connectivity index (χ4n) is 3.38. The van der Waals surface area contributed by atoms with E-state index in [-0.39, 0.29) is 16.9 Å². The number of benzene rings is 3. The van der Waals surface area contributed by atoms with E-state index in [9.17, 15) is 10.0 Å². The van der Waals surface area contributed by atoms with Crippen LogP contribution in [0.4, 0.5) is 5.69 Å². The fourth-order valence-corrected chi connectivity index (χ4v) is 3.38. The molecule has 0 fully saturated rings. The Hall–Kier alpha value is -2.94. The van der Waals surface area contributed by atoms with Gasteiger partial charge in [-0.15, -0.1) is 0 Å². The van der Waals surface area contributed by atoms with Gasteiger partial charge in [0.1, 0.15) is 5.56 Å². The van der Waals surface area contributed by atoms with Gasteiger partial charge in [0.15, 0.2) is 0 Å². The summed E-state index contributed by atoms with van der Waals surface area (Å²) in [5, 5.41) is 14.6. The van der Waals surface area contributed by atoms with Crippen molar-refractivity contribution < 1.29 is 9.53 Å². The number of rotatable bonds is 1. The first-order chi connectivity index (χ1) is 11.9. The number of hydrogen-bond donors (Lipinski definition) is 0. The predicted molar refractivity (Wildman–Crippen MR) is 101 cm³/mol. The normalized spacial score (nSPS) is 14.3. The summed E-state index contributed by atoms with van der Waals surface area (Å²) in [6.07, 6.45) is 0. The van der Waals surface area contributed by atoms with E-state index < -0.39 is 0 Å². The second-order valence-corrected chi connectivity index (χ2v) is 7.48. The number of nitrogens with zero attached hydrogens (tertiary/aromatic N) is 1. The van der Waals surface area contributed by atoms with E-state index in [1.165, 1.54) is 5.56 Å². The third kappa shape index (κ3) is 2.35. The van der Waals surface area contributed by atoms with Crippen molar-refractivity contribution in [3.05, 3.63) is 82.6 Å². The molecule has 0 atom stereocenters. The zero-order chi connectivity index (χ0) is 17.8. The monoisotopic (exact) mass is 329 g/mol. The summed E-state index contributed by atoms with van der Waals surface area (Å²) in [7, 11) is 0. The highest BCUT2D eigenvalue weighted by Gasteiger charge is 2.38. The quantitative estimate of drug-likeness (QED) is 0.467. The van der Waals surface area contributed by atoms with Crippen LogP contribution >= 0.6 is 0 Å². The Morgan fingerprint density at radius 1 is 0.880 bits per heavy atom. The molecule has 0 bridgehead atoms. The van der Waals surface area contributed by atoms with Gasteiger partial charge in [0.05, 0.1) is 5.56 Å². The van der Waals surface area contributed by atoms with Gasteiger partial charge in [-0.25, -0.2) is 0 Å². The lowest BCUT2D eigenvalue weighted by atomic mass is 9.86. The fraction of sp³-hybridized carbons (Fsp3) is 0.182. The van der Waals surface area contributed by atoms with Gasteiger partial charge in [-0.1, -0.05) is 57.2 Å². The van der Waals surface area contributed by atoms with Crippen LogP contribution in [-0.4, -0.2) is 16.2 Å². The van der Waals surface area contributed by atoms with Crippen molar-refractivity contribution in [2.24, 2.45) is 0 Å². The maximum Gasteiger partial charge on any atom is 0.272 e. The van der Waals surface area contributed by atoms with Crippen LogP contribution in [0.2, 0.25) is 0 Å². The van der Waals surface area contributed by atoms with Crippen LogP contribution in [0.25, 0.3) is 10.8 Å². The first-order valence-electron chi connectivity index (χ1n) is 8.39. The maximum absolute atomic E-state index is 13.0. The second kappa shape index (κ2) is 5.28. The molecule has 1 aliphatic rings. The number of carbonyl (C=O) groups excluding carboxylic acids is 1. The van der Waals surface area contributed by atoms with E-state index in [1.54, 1.807) is 6.07 Å². The molecule has 3 aromatic carbocycles. The predicted octanol–water partition coefficient (Wildman–Crippen LogP) is 4.96. The molecule has 3 heteroatoms. The highest BCUT2D eigenvalue weighted by molar-refractivity contribution is 6.53. The lowest BCUT2D eigenvalue weighted by molar-refractivity contribution is -0.355. The van der Waals surface area contributed by atoms with Gasteiger partial charge in [0, 0.05) is 6.07 Å². The number of fused-ring (bicyclic) bond motifs is 3. The Morgan fingerprint density at radius 2 is 1.56 bits per heavy atom. The SMILES string of the molecule is CC(C)(C)c1ccc(C2=[N+]([O-])c3ccc4ccccc4c3C2=O)cc1. The molecule has 0 aromatic heterocycles. The summed E-state index contributed by atoms with van der Waals surface area (Å²) < 4.78 is 0.774. The number of carbonyl (C=O) groups is 1. The molecule has 0 spiro atoms. The highest BCUT2D eigenvalue weighted by Crippen LogP contribution is 2.34. The molecule has 0 saturated carbocycles. The highest BCUT2D eigenvalue weighted by atomic mass is 16.5. The van der Waals surface area contributed by atoms with Crippen LogP contribution in [0, 0.1) is 5.21 Å². The Morgan fingerprint density at radius 3 is 2.24 bits per heavy atom. The van der Waals surface area contributed by atoms with Crippen LogP contribution in [0.15, 0.2) is 60.7 Å². The van der Waals surface area contributed by atoms with E-state index in [0.717, 1.165) is 15.5 Å². The molecule has 0 unspecified atom stereocenters. The van der Waals surface area contributed by atoms with Gasteiger partial charge in [0.2, 0.25) is 5.69 Å². The summed E-state index contributed by atoms with van der Waals surface area (Å²) in [4.78, 5) is 13.0. The Balaban J connectivity index is 1.85. The van der Waals surface area contributed by atoms with Crippen LogP contribution < -0.4 is 0 Å². The molecule has 4 rings (SSSR count). The van der Waals surface area contributed by atoms with E-state index >= 15 is 0 Å². The molecule has 25 heavy (non-hydrogen) atoms. The zero-order valence-corrected chi connectivity index (χ0v) is 14.5. The van der Waals surface area contributed by atoms with E-state index in [0.29, 0.717) is 16.8 Å². The van der Waals surface area contributed by atoms with Crippen molar-refractivity contribution in [1.29, 1.82) is 0 Å². The van der Waals surface area contributed by atoms with Crippen molar-refractivity contribution in [3.63, 3.8) is 0 Å². The molecular formula is C22H19NO2. The van der Waals surface area contributed by atoms with Gasteiger partial charge in [-0.05, 0) is 39.9 Å². The average Bonchev–Trinajstić information content (AvgIpc) is 2.85. The molecule has 1 heterocycles. The largest absolute Gasteiger partial charge is 0.618 e. The Bertz CT molecular complexity index is 1040. The van der Waals surface area contributed by atoms with Gasteiger partial charge >= 0.3 is 0 Å². The number of hydrogen-bond acceptors (Lipinski definition) is 2. The molecule has 0 N–H and O–H groups in total. The summed E-state index contributed by atoms with van der Waals surface area (Å²) >= 11 is 0.